The van der Waals surface area contributed by atoms with E-state index in [0.29, 0.717) is 18.8 Å². The van der Waals surface area contributed by atoms with Gasteiger partial charge in [-0.05, 0) is 13.3 Å². The van der Waals surface area contributed by atoms with Gasteiger partial charge in [0.05, 0.1) is 19.3 Å². The maximum atomic E-state index is 11.6. The summed E-state index contributed by atoms with van der Waals surface area (Å²) in [6.45, 7) is 4.17. The van der Waals surface area contributed by atoms with Gasteiger partial charge in [-0.3, -0.25) is 9.78 Å². The normalized spacial score (nSPS) is 12.1. The molecule has 0 aliphatic rings. The molecule has 0 fully saturated rings. The predicted octanol–water partition coefficient (Wildman–Crippen LogP) is 0.299. The summed E-state index contributed by atoms with van der Waals surface area (Å²) in [5.74, 6) is 0.0479. The molecule has 0 radical (unpaired) electrons. The quantitative estimate of drug-likeness (QED) is 0.603. The van der Waals surface area contributed by atoms with Gasteiger partial charge in [-0.15, -0.1) is 0 Å². The molecule has 2 rings (SSSR count). The van der Waals surface area contributed by atoms with E-state index in [-0.39, 0.29) is 23.4 Å². The summed E-state index contributed by atoms with van der Waals surface area (Å²) < 4.78 is 18.5. The highest BCUT2D eigenvalue weighted by atomic mass is 31.2. The number of fused-ring (bicyclic) bond motifs is 1. The Balaban J connectivity index is 2.10. The lowest BCUT2D eigenvalue weighted by atomic mass is 10.5. The lowest BCUT2D eigenvalue weighted by Gasteiger charge is -2.08. The number of nitrogens with one attached hydrogen (secondary N) is 1. The van der Waals surface area contributed by atoms with Gasteiger partial charge in [0.15, 0.2) is 11.2 Å². The number of H-pyrrole nitrogens is 1. The van der Waals surface area contributed by atoms with E-state index in [9.17, 15) is 9.36 Å². The summed E-state index contributed by atoms with van der Waals surface area (Å²) in [6, 6.07) is 0. The minimum Gasteiger partial charge on any atom is -0.372 e. The topological polar surface area (TPSA) is 116 Å². The second-order valence-corrected chi connectivity index (χ2v) is 8.08. The number of hydrogen-bond donors (Lipinski definition) is 2. The fourth-order valence-electron chi connectivity index (χ4n) is 1.58. The summed E-state index contributed by atoms with van der Waals surface area (Å²) in [5, 5.41) is 0. The van der Waals surface area contributed by atoms with Gasteiger partial charge in [-0.25, -0.2) is 4.98 Å². The van der Waals surface area contributed by atoms with Crippen molar-refractivity contribution < 1.29 is 9.30 Å². The van der Waals surface area contributed by atoms with Crippen LogP contribution < -0.4 is 11.3 Å². The van der Waals surface area contributed by atoms with Crippen LogP contribution in [0.15, 0.2) is 11.1 Å². The van der Waals surface area contributed by atoms with Gasteiger partial charge in [-0.1, -0.05) is 0 Å². The first-order valence-electron chi connectivity index (χ1n) is 5.69. The van der Waals surface area contributed by atoms with Crippen LogP contribution in [0, 0.1) is 0 Å². The maximum Gasteiger partial charge on any atom is 0.280 e. The Morgan fingerprint density at radius 2 is 2.26 bits per heavy atom. The van der Waals surface area contributed by atoms with Gasteiger partial charge in [0.1, 0.15) is 7.14 Å². The third kappa shape index (κ3) is 3.42. The summed E-state index contributed by atoms with van der Waals surface area (Å²) >= 11 is 0. The van der Waals surface area contributed by atoms with Crippen LogP contribution in [0.1, 0.15) is 0 Å². The van der Waals surface area contributed by atoms with Crippen molar-refractivity contribution in [3.05, 3.63) is 16.7 Å². The van der Waals surface area contributed by atoms with Crippen LogP contribution >= 0.6 is 7.14 Å². The van der Waals surface area contributed by atoms with Crippen LogP contribution in [-0.4, -0.2) is 45.8 Å². The fraction of sp³-hybridized carbons (Fsp3) is 0.500. The standard InChI is InChI=1S/C10H16N5O3P/c1-19(2,17)6-18-4-3-15-5-12-7-8(15)13-10(11)14-9(7)16/h5H,3-4,6H2,1-2H3,(H3,11,13,14,16). The monoisotopic (exact) mass is 285 g/mol. The Kier molecular flexibility index (Phi) is 3.73. The number of nitrogen functional groups attached to an aromatic ring is 1. The SMILES string of the molecule is CP(C)(=O)COCCn1cnc2c(=O)[nH]c(N)nc21. The number of aromatic amines is 1. The van der Waals surface area contributed by atoms with Crippen molar-refractivity contribution in [1.29, 1.82) is 0 Å². The molecule has 9 heteroatoms. The smallest absolute Gasteiger partial charge is 0.280 e. The number of anilines is 1. The molecule has 19 heavy (non-hydrogen) atoms. The molecule has 8 nitrogen and oxygen atoms in total. The Morgan fingerprint density at radius 1 is 1.53 bits per heavy atom. The third-order valence-corrected chi connectivity index (χ3v) is 3.18. The molecule has 0 bridgehead atoms. The highest BCUT2D eigenvalue weighted by molar-refractivity contribution is 7.62. The second-order valence-electron chi connectivity index (χ2n) is 4.67. The van der Waals surface area contributed by atoms with Crippen LogP contribution in [0.25, 0.3) is 11.2 Å². The van der Waals surface area contributed by atoms with Gasteiger partial charge in [-0.2, -0.15) is 4.98 Å². The van der Waals surface area contributed by atoms with Gasteiger partial charge in [0, 0.05) is 6.54 Å². The number of nitrogens with zero attached hydrogens (tertiary/aromatic N) is 3. The van der Waals surface area contributed by atoms with Crippen LogP contribution in [-0.2, 0) is 15.8 Å². The first kappa shape index (κ1) is 13.8. The zero-order valence-corrected chi connectivity index (χ0v) is 11.7. The Labute approximate surface area is 109 Å². The highest BCUT2D eigenvalue weighted by Gasteiger charge is 2.10. The lowest BCUT2D eigenvalue weighted by Crippen LogP contribution is -2.13. The molecule has 0 saturated carbocycles. The molecular formula is C10H16N5O3P. The molecule has 0 unspecified atom stereocenters. The van der Waals surface area contributed by atoms with Crippen molar-refractivity contribution in [3.63, 3.8) is 0 Å². The zero-order valence-electron chi connectivity index (χ0n) is 10.8. The molecule has 3 N–H and O–H groups in total. The highest BCUT2D eigenvalue weighted by Crippen LogP contribution is 2.35. The predicted molar refractivity (Wildman–Crippen MR) is 72.8 cm³/mol. The van der Waals surface area contributed by atoms with Crippen LogP contribution in [0.5, 0.6) is 0 Å². The Morgan fingerprint density at radius 3 is 2.95 bits per heavy atom. The van der Waals surface area contributed by atoms with Gasteiger partial charge >= 0.3 is 0 Å². The van der Waals surface area contributed by atoms with E-state index in [1.807, 2.05) is 0 Å². The molecule has 2 heterocycles. The van der Waals surface area contributed by atoms with E-state index in [1.54, 1.807) is 17.9 Å². The van der Waals surface area contributed by atoms with Crippen molar-refractivity contribution in [1.82, 2.24) is 19.5 Å². The van der Waals surface area contributed by atoms with Crippen LogP contribution in [0.2, 0.25) is 0 Å². The maximum absolute atomic E-state index is 11.6. The number of imidazole rings is 1. The molecule has 0 spiro atoms. The number of hydrogen-bond acceptors (Lipinski definition) is 6. The molecule has 0 amide bonds. The van der Waals surface area contributed by atoms with Crippen molar-refractivity contribution in [2.45, 2.75) is 6.54 Å². The molecule has 0 atom stereocenters. The number of aromatic nitrogens is 4. The first-order valence-corrected chi connectivity index (χ1v) is 8.48. The van der Waals surface area contributed by atoms with Gasteiger partial charge in [0.25, 0.3) is 5.56 Å². The summed E-state index contributed by atoms with van der Waals surface area (Å²) in [4.78, 5) is 21.9. The third-order valence-electron chi connectivity index (χ3n) is 2.37. The average molecular weight is 285 g/mol. The molecule has 0 aliphatic carbocycles. The molecule has 0 aliphatic heterocycles. The second kappa shape index (κ2) is 5.14. The molecule has 104 valence electrons. The molecule has 2 aromatic rings. The average Bonchev–Trinajstić information content (AvgIpc) is 2.66. The van der Waals surface area contributed by atoms with Crippen molar-refractivity contribution in [3.8, 4) is 0 Å². The molecular weight excluding hydrogens is 269 g/mol. The minimum atomic E-state index is -2.17. The van der Waals surface area contributed by atoms with E-state index < -0.39 is 7.14 Å². The van der Waals surface area contributed by atoms with Gasteiger partial charge < -0.3 is 19.6 Å². The van der Waals surface area contributed by atoms with Crippen molar-refractivity contribution >= 4 is 24.3 Å². The van der Waals surface area contributed by atoms with Crippen LogP contribution in [0.4, 0.5) is 5.95 Å². The van der Waals surface area contributed by atoms with E-state index >= 15 is 0 Å². The Hall–Kier alpha value is -1.66. The number of nitrogens with two attached hydrogens (primary N) is 1. The summed E-state index contributed by atoms with van der Waals surface area (Å²) in [7, 11) is -2.17. The van der Waals surface area contributed by atoms with Gasteiger partial charge in [0.2, 0.25) is 5.95 Å². The number of rotatable bonds is 5. The van der Waals surface area contributed by atoms with E-state index in [4.69, 9.17) is 10.5 Å². The van der Waals surface area contributed by atoms with Crippen LogP contribution in [0.3, 0.4) is 0 Å². The van der Waals surface area contributed by atoms with Crippen molar-refractivity contribution in [2.24, 2.45) is 0 Å². The Bertz CT molecular complexity index is 686. The number of ether oxygens (including phenoxy) is 1. The molecule has 2 aromatic heterocycles. The van der Waals surface area contributed by atoms with Crippen molar-refractivity contribution in [2.75, 3.05) is 32.0 Å². The van der Waals surface area contributed by atoms with E-state index in [2.05, 4.69) is 15.0 Å². The first-order chi connectivity index (χ1) is 8.87. The van der Waals surface area contributed by atoms with E-state index in [0.717, 1.165) is 0 Å². The fourth-order valence-corrected chi connectivity index (χ4v) is 2.15. The largest absolute Gasteiger partial charge is 0.372 e. The summed E-state index contributed by atoms with van der Waals surface area (Å²) in [5.41, 5.74) is 5.78. The zero-order chi connectivity index (χ0) is 14.0. The molecule has 0 saturated heterocycles. The molecule has 0 aromatic carbocycles. The minimum absolute atomic E-state index is 0.0479. The lowest BCUT2D eigenvalue weighted by molar-refractivity contribution is 0.167. The van der Waals surface area contributed by atoms with E-state index in [1.165, 1.54) is 6.33 Å². The summed E-state index contributed by atoms with van der Waals surface area (Å²) in [6.07, 6.45) is 1.74.